The second kappa shape index (κ2) is 9.02. The van der Waals surface area contributed by atoms with Crippen LogP contribution in [0.25, 0.3) is 0 Å². The number of nitrogens with one attached hydrogen (secondary N) is 2. The van der Waals surface area contributed by atoms with Crippen LogP contribution in [0.15, 0.2) is 34.3 Å². The van der Waals surface area contributed by atoms with Crippen LogP contribution in [0.1, 0.15) is 47.5 Å². The van der Waals surface area contributed by atoms with E-state index in [1.165, 1.54) is 18.2 Å². The second-order valence-electron chi connectivity index (χ2n) is 10.1. The number of amides is 1. The highest BCUT2D eigenvalue weighted by atomic mass is 32.2. The van der Waals surface area contributed by atoms with E-state index in [1.54, 1.807) is 4.90 Å². The van der Waals surface area contributed by atoms with Crippen LogP contribution in [0.2, 0.25) is 0 Å². The molecule has 1 amide bonds. The molecule has 0 saturated heterocycles. The van der Waals surface area contributed by atoms with Crippen LogP contribution in [0, 0.1) is 11.3 Å². The van der Waals surface area contributed by atoms with Crippen LogP contribution in [0.3, 0.4) is 0 Å². The molecule has 0 radical (unpaired) electrons. The maximum atomic E-state index is 13.4. The summed E-state index contributed by atoms with van der Waals surface area (Å²) in [5, 5.41) is 13.9. The Kier molecular flexibility index (Phi) is 6.96. The van der Waals surface area contributed by atoms with Gasteiger partial charge in [0.25, 0.3) is 5.91 Å². The third-order valence-corrected chi connectivity index (χ3v) is 8.10. The van der Waals surface area contributed by atoms with Crippen molar-refractivity contribution in [1.82, 2.24) is 4.90 Å². The lowest BCUT2D eigenvalue weighted by molar-refractivity contribution is -0.128. The van der Waals surface area contributed by atoms with Crippen LogP contribution in [-0.2, 0) is 19.4 Å². The Bertz CT molecular complexity index is 1220. The Morgan fingerprint density at radius 2 is 1.97 bits per heavy atom. The van der Waals surface area contributed by atoms with Crippen molar-refractivity contribution in [2.24, 2.45) is 16.1 Å². The number of hydrogen-bond acceptors (Lipinski definition) is 6. The summed E-state index contributed by atoms with van der Waals surface area (Å²) >= 11 is 0. The van der Waals surface area contributed by atoms with Crippen molar-refractivity contribution >= 4 is 46.0 Å². The number of sulfonamides is 1. The van der Waals surface area contributed by atoms with E-state index in [-0.39, 0.29) is 33.8 Å². The number of aliphatic hydroxyl groups excluding tert-OH is 1. The minimum absolute atomic E-state index is 0.101. The minimum atomic E-state index is -4.37. The Hall–Kier alpha value is -2.36. The van der Waals surface area contributed by atoms with Crippen molar-refractivity contribution in [3.63, 3.8) is 0 Å². The summed E-state index contributed by atoms with van der Waals surface area (Å²) in [6.07, 6.45) is 2.69. The van der Waals surface area contributed by atoms with E-state index < -0.39 is 34.9 Å². The molecule has 0 aromatic heterocycles. The average molecular weight is 513 g/mol. The van der Waals surface area contributed by atoms with Crippen molar-refractivity contribution in [2.75, 3.05) is 22.8 Å². The molecule has 3 rings (SSSR count). The summed E-state index contributed by atoms with van der Waals surface area (Å²) in [5.41, 5.74) is -0.297. The molecule has 12 heteroatoms. The Morgan fingerprint density at radius 3 is 2.53 bits per heavy atom. The van der Waals surface area contributed by atoms with Gasteiger partial charge in [-0.2, -0.15) is 4.76 Å². The molecule has 2 aliphatic heterocycles. The predicted octanol–water partition coefficient (Wildman–Crippen LogP) is 3.20. The number of anilines is 2. The largest absolute Gasteiger partial charge is 0.509 e. The Balaban J connectivity index is 2.02. The molecule has 0 spiro atoms. The number of hydrogen-bond donors (Lipinski definition) is 4. The molecule has 3 atom stereocenters. The third-order valence-electron chi connectivity index (χ3n) is 6.02. The first kappa shape index (κ1) is 26.2. The van der Waals surface area contributed by atoms with Gasteiger partial charge in [0.2, 0.25) is 10.0 Å². The summed E-state index contributed by atoms with van der Waals surface area (Å²) < 4.78 is 42.3. The summed E-state index contributed by atoms with van der Waals surface area (Å²) in [7, 11) is -7.96. The highest BCUT2D eigenvalue weighted by molar-refractivity contribution is 7.92. The molecule has 0 fully saturated rings. The van der Waals surface area contributed by atoms with Gasteiger partial charge in [0.05, 0.1) is 23.3 Å². The molecule has 34 heavy (non-hydrogen) atoms. The lowest BCUT2D eigenvalue weighted by Crippen LogP contribution is -2.45. The van der Waals surface area contributed by atoms with Crippen LogP contribution in [0.5, 0.6) is 0 Å². The average Bonchev–Trinajstić information content (AvgIpc) is 2.94. The van der Waals surface area contributed by atoms with Crippen LogP contribution in [0.4, 0.5) is 11.4 Å². The van der Waals surface area contributed by atoms with Gasteiger partial charge in [-0.3, -0.25) is 14.1 Å². The fourth-order valence-electron chi connectivity index (χ4n) is 4.16. The maximum absolute atomic E-state index is 13.4. The maximum Gasteiger partial charge on any atom is 0.346 e. The molecule has 1 aromatic carbocycles. The lowest BCUT2D eigenvalue weighted by Gasteiger charge is -2.35. The summed E-state index contributed by atoms with van der Waals surface area (Å²) in [6, 6.07) is 3.48. The van der Waals surface area contributed by atoms with E-state index in [4.69, 9.17) is 0 Å². The molecule has 188 valence electrons. The predicted molar refractivity (Wildman–Crippen MR) is 134 cm³/mol. The molecule has 10 nitrogen and oxygen atoms in total. The van der Waals surface area contributed by atoms with E-state index in [0.717, 1.165) is 19.1 Å². The standard InChI is InChI=1S/C22H33N4O6PS/c1-7-13(2)10-11-26-19(22(3,4)5)18(27)17(21(26)28)20-23-15-9-8-14(25-34(6,31)32)12-16(15)33(29,30)24-20/h8-9,12-13,19,25,27H,7,10-11H2,1-6H3,(H2,23,24,29,30). The first-order valence-corrected chi connectivity index (χ1v) is 14.6. The number of fused-ring (bicyclic) bond motifs is 1. The van der Waals surface area contributed by atoms with Gasteiger partial charge in [-0.15, -0.1) is 0 Å². The molecular formula is C22H33N4O6PS. The van der Waals surface area contributed by atoms with Crippen molar-refractivity contribution in [2.45, 2.75) is 53.5 Å². The van der Waals surface area contributed by atoms with E-state index in [2.05, 4.69) is 28.6 Å². The quantitative estimate of drug-likeness (QED) is 0.410. The summed E-state index contributed by atoms with van der Waals surface area (Å²) in [6.45, 7) is 10.4. The first-order valence-electron chi connectivity index (χ1n) is 11.1. The van der Waals surface area contributed by atoms with Gasteiger partial charge in [-0.25, -0.2) is 8.42 Å². The fraction of sp³-hybridized carbons (Fsp3) is 0.545. The van der Waals surface area contributed by atoms with Gasteiger partial charge in [-0.1, -0.05) is 41.0 Å². The second-order valence-corrected chi connectivity index (χ2v) is 13.6. The third kappa shape index (κ3) is 5.31. The van der Waals surface area contributed by atoms with E-state index >= 15 is 0 Å². The van der Waals surface area contributed by atoms with Crippen molar-refractivity contribution < 1.29 is 27.8 Å². The van der Waals surface area contributed by atoms with Crippen molar-refractivity contribution in [3.8, 4) is 0 Å². The Morgan fingerprint density at radius 1 is 1.32 bits per heavy atom. The zero-order valence-corrected chi connectivity index (χ0v) is 22.0. The number of carbonyl (C=O) groups excluding carboxylic acids is 1. The van der Waals surface area contributed by atoms with Crippen LogP contribution >= 0.6 is 7.52 Å². The number of nitrogens with zero attached hydrogens (tertiary/aromatic N) is 2. The number of carbonyl (C=O) groups is 1. The Labute approximate surface area is 200 Å². The minimum Gasteiger partial charge on any atom is -0.509 e. The molecule has 0 bridgehead atoms. The van der Waals surface area contributed by atoms with Gasteiger partial charge < -0.3 is 20.2 Å². The van der Waals surface area contributed by atoms with Gasteiger partial charge in [0, 0.05) is 12.2 Å². The summed E-state index contributed by atoms with van der Waals surface area (Å²) in [4.78, 5) is 25.7. The van der Waals surface area contributed by atoms with Gasteiger partial charge in [0.1, 0.15) is 11.3 Å². The lowest BCUT2D eigenvalue weighted by atomic mass is 9.85. The number of aliphatic hydroxyl groups is 1. The van der Waals surface area contributed by atoms with E-state index in [1.807, 2.05) is 20.8 Å². The highest BCUT2D eigenvalue weighted by Crippen LogP contribution is 2.48. The molecule has 0 aliphatic carbocycles. The van der Waals surface area contributed by atoms with Crippen LogP contribution in [-0.4, -0.2) is 53.9 Å². The molecule has 4 N–H and O–H groups in total. The SMILES string of the molecule is CCC(C)CCN1C(=O)C(C2=NP(=O)(O)c3cc(NS(C)(=O)=O)ccc3N2)=C(O)C1C(C)(C)C. The number of amidine groups is 1. The molecular weight excluding hydrogens is 479 g/mol. The van der Waals surface area contributed by atoms with Gasteiger partial charge in [-0.05, 0) is 36.0 Å². The first-order chi connectivity index (χ1) is 15.5. The molecule has 3 unspecified atom stereocenters. The molecule has 2 aliphatic rings. The molecule has 0 saturated carbocycles. The fourth-order valence-corrected chi connectivity index (χ4v) is 6.00. The molecule has 1 aromatic rings. The van der Waals surface area contributed by atoms with Crippen LogP contribution < -0.4 is 15.3 Å². The van der Waals surface area contributed by atoms with Crippen molar-refractivity contribution in [3.05, 3.63) is 29.5 Å². The number of rotatable bonds is 7. The zero-order valence-electron chi connectivity index (χ0n) is 20.3. The van der Waals surface area contributed by atoms with E-state index in [9.17, 15) is 27.8 Å². The van der Waals surface area contributed by atoms with E-state index in [0.29, 0.717) is 12.5 Å². The normalized spacial score (nSPS) is 24.0. The van der Waals surface area contributed by atoms with Gasteiger partial charge in [0.15, 0.2) is 5.84 Å². The monoisotopic (exact) mass is 512 g/mol. The topological polar surface area (TPSA) is 148 Å². The highest BCUT2D eigenvalue weighted by Gasteiger charge is 2.48. The molecule has 2 heterocycles. The van der Waals surface area contributed by atoms with Crippen molar-refractivity contribution in [1.29, 1.82) is 0 Å². The summed E-state index contributed by atoms with van der Waals surface area (Å²) in [5.74, 6) is -0.425. The van der Waals surface area contributed by atoms with Gasteiger partial charge >= 0.3 is 7.52 Å². The smallest absolute Gasteiger partial charge is 0.346 e. The zero-order chi connectivity index (χ0) is 25.6. The number of benzene rings is 1.